The molecule has 45 heavy (non-hydrogen) atoms. The first kappa shape index (κ1) is 32.1. The number of carbonyl (C=O) groups is 1. The molecule has 0 aliphatic carbocycles. The number of rotatable bonds is 12. The molecule has 234 valence electrons. The van der Waals surface area contributed by atoms with E-state index in [4.69, 9.17) is 14.2 Å². The van der Waals surface area contributed by atoms with Gasteiger partial charge in [0.25, 0.3) is 0 Å². The quantitative estimate of drug-likeness (QED) is 0.163. The van der Waals surface area contributed by atoms with Crippen LogP contribution in [-0.4, -0.2) is 42.4 Å². The molecular formula is C38H42N2O5. The first-order valence-electron chi connectivity index (χ1n) is 15.4. The highest BCUT2D eigenvalue weighted by Crippen LogP contribution is 2.39. The van der Waals surface area contributed by atoms with Crippen molar-refractivity contribution in [3.8, 4) is 11.1 Å². The van der Waals surface area contributed by atoms with Crippen molar-refractivity contribution in [1.82, 2.24) is 10.2 Å². The van der Waals surface area contributed by atoms with Crippen molar-refractivity contribution in [2.24, 2.45) is 0 Å². The first-order valence-corrected chi connectivity index (χ1v) is 15.4. The van der Waals surface area contributed by atoms with Crippen LogP contribution in [0.4, 0.5) is 4.79 Å². The molecule has 7 heteroatoms. The van der Waals surface area contributed by atoms with Crippen LogP contribution in [0.5, 0.6) is 0 Å². The molecule has 7 nitrogen and oxygen atoms in total. The highest BCUT2D eigenvalue weighted by Gasteiger charge is 2.33. The summed E-state index contributed by atoms with van der Waals surface area (Å²) in [7, 11) is 2.14. The van der Waals surface area contributed by atoms with Crippen LogP contribution in [0.1, 0.15) is 59.6 Å². The number of benzene rings is 4. The minimum absolute atomic E-state index is 0.00721. The molecule has 0 saturated carbocycles. The molecule has 4 aromatic carbocycles. The molecule has 1 aliphatic rings. The topological polar surface area (TPSA) is 80.3 Å². The Morgan fingerprint density at radius 3 is 2.38 bits per heavy atom. The number of nitrogens with zero attached hydrogens (tertiary/aromatic N) is 1. The Kier molecular flexibility index (Phi) is 11.2. The second kappa shape index (κ2) is 15.6. The number of carbonyl (C=O) groups excluding carboxylic acids is 1. The van der Waals surface area contributed by atoms with Gasteiger partial charge in [-0.3, -0.25) is 4.90 Å². The van der Waals surface area contributed by atoms with Gasteiger partial charge in [-0.15, -0.1) is 0 Å². The third-order valence-electron chi connectivity index (χ3n) is 8.32. The number of aliphatic hydroxyl groups is 1. The molecule has 1 aliphatic heterocycles. The number of amides is 1. The molecule has 1 saturated heterocycles. The minimum atomic E-state index is -0.544. The second-order valence-corrected chi connectivity index (χ2v) is 11.4. The molecule has 1 heterocycles. The summed E-state index contributed by atoms with van der Waals surface area (Å²) in [6, 6.07) is 34.9. The number of hydrogen-bond acceptors (Lipinski definition) is 6. The third-order valence-corrected chi connectivity index (χ3v) is 8.32. The van der Waals surface area contributed by atoms with E-state index in [1.165, 1.54) is 11.6 Å². The van der Waals surface area contributed by atoms with Crippen LogP contribution in [-0.2, 0) is 27.4 Å². The molecule has 0 spiro atoms. The molecule has 1 fully saturated rings. The van der Waals surface area contributed by atoms with Gasteiger partial charge in [-0.2, -0.15) is 0 Å². The molecule has 5 rings (SSSR count). The Morgan fingerprint density at radius 2 is 1.67 bits per heavy atom. The molecule has 4 unspecified atom stereocenters. The van der Waals surface area contributed by atoms with Crippen LogP contribution in [0.25, 0.3) is 11.1 Å². The standard InChI is InChI=1S/C38H42N2O5/c1-4-22-43-38(42)39-24-33-12-8-9-13-35(33)30-18-20-32(21-19-30)37-44-34(25-40(3)27(2)29-10-6-5-7-11-29)23-36(45-37)31-16-14-28(26-41)15-17-31/h4-21,27,34,36-37,41H,1,22-26H2,2-3H3,(H,39,42). The average molecular weight is 607 g/mol. The maximum atomic E-state index is 12.0. The van der Waals surface area contributed by atoms with Gasteiger partial charge in [-0.25, -0.2) is 4.79 Å². The van der Waals surface area contributed by atoms with Gasteiger partial charge in [-0.1, -0.05) is 116 Å². The maximum Gasteiger partial charge on any atom is 0.407 e. The summed E-state index contributed by atoms with van der Waals surface area (Å²) in [5.74, 6) is 0. The van der Waals surface area contributed by atoms with Crippen molar-refractivity contribution in [2.45, 2.75) is 51.0 Å². The summed E-state index contributed by atoms with van der Waals surface area (Å²) in [6.07, 6.45) is 1.01. The number of nitrogens with one attached hydrogen (secondary N) is 1. The van der Waals surface area contributed by atoms with Gasteiger partial charge in [0.2, 0.25) is 0 Å². The largest absolute Gasteiger partial charge is 0.445 e. The molecule has 0 bridgehead atoms. The summed E-state index contributed by atoms with van der Waals surface area (Å²) in [4.78, 5) is 14.3. The summed E-state index contributed by atoms with van der Waals surface area (Å²) >= 11 is 0. The van der Waals surface area contributed by atoms with Gasteiger partial charge in [0.05, 0.1) is 18.8 Å². The van der Waals surface area contributed by atoms with Crippen LogP contribution >= 0.6 is 0 Å². The second-order valence-electron chi connectivity index (χ2n) is 11.4. The smallest absolute Gasteiger partial charge is 0.407 e. The summed E-state index contributed by atoms with van der Waals surface area (Å²) in [6.45, 7) is 7.05. The Labute approximate surface area is 266 Å². The van der Waals surface area contributed by atoms with E-state index in [1.807, 2.05) is 66.7 Å². The van der Waals surface area contributed by atoms with Gasteiger partial charge in [0.15, 0.2) is 6.29 Å². The van der Waals surface area contributed by atoms with Gasteiger partial charge < -0.3 is 24.6 Å². The molecule has 4 atom stereocenters. The zero-order chi connectivity index (χ0) is 31.6. The summed E-state index contributed by atoms with van der Waals surface area (Å²) in [5.41, 5.74) is 7.16. The monoisotopic (exact) mass is 606 g/mol. The van der Waals surface area contributed by atoms with E-state index in [0.717, 1.165) is 39.9 Å². The van der Waals surface area contributed by atoms with Gasteiger partial charge in [0.1, 0.15) is 6.61 Å². The van der Waals surface area contributed by atoms with E-state index in [-0.39, 0.29) is 31.5 Å². The van der Waals surface area contributed by atoms with Gasteiger partial charge in [0, 0.05) is 31.1 Å². The summed E-state index contributed by atoms with van der Waals surface area (Å²) in [5, 5.41) is 12.3. The molecule has 4 aromatic rings. The maximum absolute atomic E-state index is 12.0. The predicted molar refractivity (Wildman–Crippen MR) is 176 cm³/mol. The van der Waals surface area contributed by atoms with Gasteiger partial charge in [-0.05, 0) is 47.4 Å². The van der Waals surface area contributed by atoms with E-state index in [0.29, 0.717) is 13.0 Å². The number of likely N-dealkylation sites (N-methyl/N-ethyl adjacent to an activating group) is 1. The number of alkyl carbamates (subject to hydrolysis) is 1. The van der Waals surface area contributed by atoms with Crippen molar-refractivity contribution in [1.29, 1.82) is 0 Å². The Bertz CT molecular complexity index is 1520. The lowest BCUT2D eigenvalue weighted by molar-refractivity contribution is -0.253. The summed E-state index contributed by atoms with van der Waals surface area (Å²) < 4.78 is 18.3. The van der Waals surface area contributed by atoms with Gasteiger partial charge >= 0.3 is 6.09 Å². The lowest BCUT2D eigenvalue weighted by Crippen LogP contribution is -2.38. The fraction of sp³-hybridized carbons (Fsp3) is 0.289. The number of aliphatic hydroxyl groups excluding tert-OH is 1. The molecule has 1 amide bonds. The van der Waals surface area contributed by atoms with Crippen molar-refractivity contribution in [2.75, 3.05) is 20.2 Å². The average Bonchev–Trinajstić information content (AvgIpc) is 3.10. The van der Waals surface area contributed by atoms with Crippen molar-refractivity contribution >= 4 is 6.09 Å². The Morgan fingerprint density at radius 1 is 0.978 bits per heavy atom. The first-order chi connectivity index (χ1) is 21.9. The van der Waals surface area contributed by atoms with E-state index in [2.05, 4.69) is 67.2 Å². The van der Waals surface area contributed by atoms with Crippen molar-refractivity contribution in [3.05, 3.63) is 144 Å². The lowest BCUT2D eigenvalue weighted by atomic mass is 9.97. The highest BCUT2D eigenvalue weighted by atomic mass is 16.7. The normalized spacial score (nSPS) is 18.7. The zero-order valence-electron chi connectivity index (χ0n) is 26.0. The van der Waals surface area contributed by atoms with E-state index in [1.54, 1.807) is 0 Å². The van der Waals surface area contributed by atoms with Crippen LogP contribution in [0.2, 0.25) is 0 Å². The molecule has 0 radical (unpaired) electrons. The van der Waals surface area contributed by atoms with Crippen molar-refractivity contribution in [3.63, 3.8) is 0 Å². The Hall–Kier alpha value is -4.27. The van der Waals surface area contributed by atoms with Crippen LogP contribution in [0.15, 0.2) is 116 Å². The molecule has 0 aromatic heterocycles. The third kappa shape index (κ3) is 8.47. The van der Waals surface area contributed by atoms with E-state index >= 15 is 0 Å². The number of hydrogen-bond donors (Lipinski definition) is 2. The van der Waals surface area contributed by atoms with Crippen molar-refractivity contribution < 1.29 is 24.1 Å². The fourth-order valence-electron chi connectivity index (χ4n) is 5.63. The van der Waals surface area contributed by atoms with E-state index < -0.39 is 12.4 Å². The molecule has 2 N–H and O–H groups in total. The number of ether oxygens (including phenoxy) is 3. The SMILES string of the molecule is C=CCOC(=O)NCc1ccccc1-c1ccc(C2OC(CN(C)C(C)c3ccccc3)CC(c3ccc(CO)cc3)O2)cc1. The zero-order valence-corrected chi connectivity index (χ0v) is 26.0. The van der Waals surface area contributed by atoms with Crippen LogP contribution in [0, 0.1) is 0 Å². The Balaban J connectivity index is 1.34. The lowest BCUT2D eigenvalue weighted by Gasteiger charge is -2.39. The predicted octanol–water partition coefficient (Wildman–Crippen LogP) is 7.50. The minimum Gasteiger partial charge on any atom is -0.445 e. The molecular weight excluding hydrogens is 564 g/mol. The van der Waals surface area contributed by atoms with E-state index in [9.17, 15) is 9.90 Å². The highest BCUT2D eigenvalue weighted by molar-refractivity contribution is 5.70. The van der Waals surface area contributed by atoms with Crippen LogP contribution in [0.3, 0.4) is 0 Å². The van der Waals surface area contributed by atoms with Crippen LogP contribution < -0.4 is 5.32 Å². The fourth-order valence-corrected chi connectivity index (χ4v) is 5.63.